The van der Waals surface area contributed by atoms with Crippen molar-refractivity contribution in [2.24, 2.45) is 0 Å². The Labute approximate surface area is 117 Å². The van der Waals surface area contributed by atoms with E-state index in [1.807, 2.05) is 0 Å². The molecule has 0 saturated carbocycles. The molecular formula is C15H28N4. The summed E-state index contributed by atoms with van der Waals surface area (Å²) in [7, 11) is 0. The van der Waals surface area contributed by atoms with Crippen molar-refractivity contribution in [2.45, 2.75) is 52.5 Å². The van der Waals surface area contributed by atoms with E-state index in [0.29, 0.717) is 0 Å². The van der Waals surface area contributed by atoms with Crippen molar-refractivity contribution in [1.29, 1.82) is 0 Å². The van der Waals surface area contributed by atoms with Gasteiger partial charge in [-0.25, -0.2) is 4.98 Å². The van der Waals surface area contributed by atoms with Gasteiger partial charge in [0.05, 0.1) is 5.69 Å². The van der Waals surface area contributed by atoms with Crippen molar-refractivity contribution in [3.63, 3.8) is 0 Å². The third-order valence-corrected chi connectivity index (χ3v) is 3.82. The fraction of sp³-hybridized carbons (Fsp3) is 0.800. The number of imidazole rings is 1. The third-order valence-electron chi connectivity index (χ3n) is 3.82. The second-order valence-corrected chi connectivity index (χ2v) is 5.58. The summed E-state index contributed by atoms with van der Waals surface area (Å²) in [4.78, 5) is 7.16. The average molecular weight is 264 g/mol. The molecule has 1 fully saturated rings. The summed E-state index contributed by atoms with van der Waals surface area (Å²) in [5, 5.41) is 3.46. The quantitative estimate of drug-likeness (QED) is 0.769. The molecule has 1 aliphatic heterocycles. The Kier molecular flexibility index (Phi) is 5.70. The van der Waals surface area contributed by atoms with E-state index < -0.39 is 0 Å². The van der Waals surface area contributed by atoms with Crippen molar-refractivity contribution in [1.82, 2.24) is 14.5 Å². The molecule has 1 N–H and O–H groups in total. The van der Waals surface area contributed by atoms with Crippen LogP contribution in [0, 0.1) is 6.92 Å². The third kappa shape index (κ3) is 4.53. The lowest BCUT2D eigenvalue weighted by Crippen LogP contribution is -2.32. The number of nitrogens with one attached hydrogen (secondary N) is 1. The zero-order valence-corrected chi connectivity index (χ0v) is 12.5. The maximum atomic E-state index is 4.58. The number of unbranched alkanes of at least 4 members (excludes halogenated alkanes) is 1. The van der Waals surface area contributed by atoms with Crippen molar-refractivity contribution >= 4 is 5.95 Å². The molecule has 19 heavy (non-hydrogen) atoms. The predicted octanol–water partition coefficient (Wildman–Crippen LogP) is 2.89. The number of aryl methyl sites for hydroxylation is 1. The Morgan fingerprint density at radius 3 is 2.74 bits per heavy atom. The molecule has 0 amide bonds. The standard InChI is InChI=1S/C15H28N4/c1-3-4-8-16-15-17-14(2)13-19(15)12-11-18-9-6-5-7-10-18/h13H,3-12H2,1-2H3,(H,16,17). The van der Waals surface area contributed by atoms with Crippen LogP contribution in [0.2, 0.25) is 0 Å². The van der Waals surface area contributed by atoms with E-state index in [2.05, 4.69) is 39.8 Å². The Balaban J connectivity index is 1.83. The van der Waals surface area contributed by atoms with E-state index in [0.717, 1.165) is 31.3 Å². The second-order valence-electron chi connectivity index (χ2n) is 5.58. The van der Waals surface area contributed by atoms with Crippen LogP contribution in [0.5, 0.6) is 0 Å². The number of aromatic nitrogens is 2. The lowest BCUT2D eigenvalue weighted by Gasteiger charge is -2.26. The molecule has 2 heterocycles. The molecule has 1 saturated heterocycles. The molecular weight excluding hydrogens is 236 g/mol. The highest BCUT2D eigenvalue weighted by molar-refractivity contribution is 5.28. The van der Waals surface area contributed by atoms with Crippen LogP contribution in [0.4, 0.5) is 5.95 Å². The molecule has 0 radical (unpaired) electrons. The van der Waals surface area contributed by atoms with Crippen LogP contribution in [-0.2, 0) is 6.54 Å². The van der Waals surface area contributed by atoms with E-state index >= 15 is 0 Å². The number of hydrogen-bond acceptors (Lipinski definition) is 3. The average Bonchev–Trinajstić information content (AvgIpc) is 2.78. The van der Waals surface area contributed by atoms with E-state index in [1.165, 1.54) is 45.2 Å². The molecule has 4 heteroatoms. The normalized spacial score (nSPS) is 16.7. The summed E-state index contributed by atoms with van der Waals surface area (Å²) in [5.74, 6) is 1.04. The molecule has 1 aromatic heterocycles. The van der Waals surface area contributed by atoms with Gasteiger partial charge in [0.1, 0.15) is 0 Å². The SMILES string of the molecule is CCCCNc1nc(C)cn1CCN1CCCCC1. The molecule has 0 unspecified atom stereocenters. The highest BCUT2D eigenvalue weighted by Gasteiger charge is 2.11. The maximum absolute atomic E-state index is 4.58. The Morgan fingerprint density at radius 2 is 2.00 bits per heavy atom. The van der Waals surface area contributed by atoms with Gasteiger partial charge in [0.25, 0.3) is 0 Å². The Hall–Kier alpha value is -1.03. The molecule has 4 nitrogen and oxygen atoms in total. The molecule has 0 aliphatic carbocycles. The van der Waals surface area contributed by atoms with E-state index in [-0.39, 0.29) is 0 Å². The fourth-order valence-electron chi connectivity index (χ4n) is 2.67. The highest BCUT2D eigenvalue weighted by atomic mass is 15.2. The number of likely N-dealkylation sites (tertiary alicyclic amines) is 1. The topological polar surface area (TPSA) is 33.1 Å². The highest BCUT2D eigenvalue weighted by Crippen LogP contribution is 2.12. The number of nitrogens with zero attached hydrogens (tertiary/aromatic N) is 3. The first-order valence-electron chi connectivity index (χ1n) is 7.79. The van der Waals surface area contributed by atoms with Gasteiger partial charge in [-0.15, -0.1) is 0 Å². The molecule has 0 bridgehead atoms. The first-order valence-corrected chi connectivity index (χ1v) is 7.79. The van der Waals surface area contributed by atoms with Crippen LogP contribution in [-0.4, -0.2) is 40.6 Å². The minimum absolute atomic E-state index is 1.02. The van der Waals surface area contributed by atoms with Crippen LogP contribution in [0.15, 0.2) is 6.20 Å². The molecule has 0 atom stereocenters. The first-order chi connectivity index (χ1) is 9.29. The lowest BCUT2D eigenvalue weighted by atomic mass is 10.1. The van der Waals surface area contributed by atoms with Crippen LogP contribution in [0.25, 0.3) is 0 Å². The van der Waals surface area contributed by atoms with Crippen LogP contribution < -0.4 is 5.32 Å². The molecule has 1 aromatic rings. The van der Waals surface area contributed by atoms with Gasteiger partial charge in [0, 0.05) is 25.8 Å². The van der Waals surface area contributed by atoms with Crippen LogP contribution in [0.3, 0.4) is 0 Å². The minimum Gasteiger partial charge on any atom is -0.356 e. The first kappa shape index (κ1) is 14.4. The maximum Gasteiger partial charge on any atom is 0.203 e. The van der Waals surface area contributed by atoms with Crippen molar-refractivity contribution in [3.8, 4) is 0 Å². The summed E-state index contributed by atoms with van der Waals surface area (Å²) >= 11 is 0. The van der Waals surface area contributed by atoms with Gasteiger partial charge in [-0.1, -0.05) is 19.8 Å². The number of rotatable bonds is 7. The zero-order chi connectivity index (χ0) is 13.5. The molecule has 1 aliphatic rings. The molecule has 0 aromatic carbocycles. The second kappa shape index (κ2) is 7.53. The molecule has 2 rings (SSSR count). The number of anilines is 1. The van der Waals surface area contributed by atoms with E-state index in [1.54, 1.807) is 0 Å². The molecule has 0 spiro atoms. The smallest absolute Gasteiger partial charge is 0.203 e. The van der Waals surface area contributed by atoms with Crippen molar-refractivity contribution in [3.05, 3.63) is 11.9 Å². The van der Waals surface area contributed by atoms with Gasteiger partial charge in [-0.3, -0.25) is 0 Å². The van der Waals surface area contributed by atoms with Crippen molar-refractivity contribution in [2.75, 3.05) is 31.5 Å². The van der Waals surface area contributed by atoms with Gasteiger partial charge < -0.3 is 14.8 Å². The predicted molar refractivity (Wildman–Crippen MR) is 80.7 cm³/mol. The largest absolute Gasteiger partial charge is 0.356 e. The van der Waals surface area contributed by atoms with Gasteiger partial charge in [0.15, 0.2) is 0 Å². The fourth-order valence-corrected chi connectivity index (χ4v) is 2.67. The van der Waals surface area contributed by atoms with Crippen LogP contribution >= 0.6 is 0 Å². The zero-order valence-electron chi connectivity index (χ0n) is 12.5. The summed E-state index contributed by atoms with van der Waals surface area (Å²) in [6.07, 6.45) is 8.73. The monoisotopic (exact) mass is 264 g/mol. The van der Waals surface area contributed by atoms with Gasteiger partial charge in [-0.2, -0.15) is 0 Å². The Morgan fingerprint density at radius 1 is 1.21 bits per heavy atom. The number of hydrogen-bond donors (Lipinski definition) is 1. The lowest BCUT2D eigenvalue weighted by molar-refractivity contribution is 0.221. The Bertz CT molecular complexity index is 366. The van der Waals surface area contributed by atoms with Crippen molar-refractivity contribution < 1.29 is 0 Å². The summed E-state index contributed by atoms with van der Waals surface area (Å²) in [6.45, 7) is 10.1. The minimum atomic E-state index is 1.02. The molecule has 108 valence electrons. The summed E-state index contributed by atoms with van der Waals surface area (Å²) < 4.78 is 2.28. The van der Waals surface area contributed by atoms with E-state index in [4.69, 9.17) is 0 Å². The number of piperidine rings is 1. The van der Waals surface area contributed by atoms with Gasteiger partial charge in [0.2, 0.25) is 5.95 Å². The summed E-state index contributed by atoms with van der Waals surface area (Å²) in [5.41, 5.74) is 1.11. The van der Waals surface area contributed by atoms with Gasteiger partial charge in [-0.05, 0) is 39.3 Å². The van der Waals surface area contributed by atoms with Gasteiger partial charge >= 0.3 is 0 Å². The summed E-state index contributed by atoms with van der Waals surface area (Å²) in [6, 6.07) is 0. The van der Waals surface area contributed by atoms with Crippen LogP contribution in [0.1, 0.15) is 44.7 Å². The van der Waals surface area contributed by atoms with E-state index in [9.17, 15) is 0 Å².